The van der Waals surface area contributed by atoms with Crippen molar-refractivity contribution in [3.63, 3.8) is 0 Å². The number of hydrogen-bond donors (Lipinski definition) is 4. The lowest BCUT2D eigenvalue weighted by atomic mass is 10.1. The topological polar surface area (TPSA) is 142 Å². The van der Waals surface area contributed by atoms with E-state index in [9.17, 15) is 19.2 Å². The summed E-state index contributed by atoms with van der Waals surface area (Å²) in [5.41, 5.74) is 0. The molecule has 9 nitrogen and oxygen atoms in total. The molecule has 0 rings (SSSR count). The van der Waals surface area contributed by atoms with Crippen LogP contribution in [0, 0.1) is 0 Å². The Morgan fingerprint density at radius 3 is 2.08 bits per heavy atom. The average molecular weight is 565 g/mol. The minimum atomic E-state index is -1.39. The predicted octanol–water partition coefficient (Wildman–Crippen LogP) is 5.14. The van der Waals surface area contributed by atoms with E-state index >= 15 is 0 Å². The zero-order valence-corrected chi connectivity index (χ0v) is 24.6. The summed E-state index contributed by atoms with van der Waals surface area (Å²) in [4.78, 5) is 46.7. The van der Waals surface area contributed by atoms with Gasteiger partial charge in [-0.1, -0.05) is 69.6 Å². The van der Waals surface area contributed by atoms with Gasteiger partial charge in [-0.2, -0.15) is 0 Å². The molecule has 0 spiro atoms. The first kappa shape index (κ1) is 37.1. The van der Waals surface area contributed by atoms with Crippen molar-refractivity contribution in [1.29, 1.82) is 0 Å². The molecule has 2 unspecified atom stereocenters. The molecule has 0 aromatic carbocycles. The number of amides is 2. The number of carbonyl (C=O) groups is 4. The second-order valence-corrected chi connectivity index (χ2v) is 9.81. The molecule has 0 aromatic rings. The fourth-order valence-corrected chi connectivity index (χ4v) is 3.90. The number of unbranched alkanes of at least 4 members (excludes halogenated alkanes) is 5. The molecule has 0 aliphatic rings. The number of carboxylic acids is 1. The number of aliphatic hydroxyl groups excluding tert-OH is 1. The van der Waals surface area contributed by atoms with Crippen LogP contribution >= 0.6 is 0 Å². The zero-order valence-electron chi connectivity index (χ0n) is 24.6. The Hall–Kier alpha value is -2.94. The van der Waals surface area contributed by atoms with Crippen LogP contribution in [-0.4, -0.2) is 59.3 Å². The second kappa shape index (κ2) is 26.3. The molecule has 0 heterocycles. The molecule has 9 heteroatoms. The molecule has 0 aromatic heterocycles. The Kier molecular flexibility index (Phi) is 24.4. The van der Waals surface area contributed by atoms with Crippen molar-refractivity contribution >= 4 is 23.8 Å². The zero-order chi connectivity index (χ0) is 29.8. The van der Waals surface area contributed by atoms with Crippen molar-refractivity contribution in [3.05, 3.63) is 36.5 Å². The first-order valence-electron chi connectivity index (χ1n) is 14.9. The molecule has 0 saturated heterocycles. The first-order chi connectivity index (χ1) is 19.3. The summed E-state index contributed by atoms with van der Waals surface area (Å²) in [7, 11) is 0. The van der Waals surface area contributed by atoms with Crippen molar-refractivity contribution in [3.8, 4) is 0 Å². The normalized spacial score (nSPS) is 13.1. The smallest absolute Gasteiger partial charge is 0.328 e. The Morgan fingerprint density at radius 1 is 0.775 bits per heavy atom. The number of ether oxygens (including phenoxy) is 1. The maximum absolute atomic E-state index is 12.3. The van der Waals surface area contributed by atoms with Gasteiger partial charge in [0.15, 0.2) is 0 Å². The van der Waals surface area contributed by atoms with Gasteiger partial charge in [0, 0.05) is 12.8 Å². The number of nitrogens with one attached hydrogen (secondary N) is 2. The van der Waals surface area contributed by atoms with E-state index < -0.39 is 24.5 Å². The predicted molar refractivity (Wildman–Crippen MR) is 158 cm³/mol. The van der Waals surface area contributed by atoms with Gasteiger partial charge in [0.2, 0.25) is 11.8 Å². The minimum Gasteiger partial charge on any atom is -0.480 e. The largest absolute Gasteiger partial charge is 0.480 e. The summed E-state index contributed by atoms with van der Waals surface area (Å²) in [5, 5.41) is 22.3. The van der Waals surface area contributed by atoms with Gasteiger partial charge in [-0.15, -0.1) is 0 Å². The fraction of sp³-hybridized carbons (Fsp3) is 0.677. The summed E-state index contributed by atoms with van der Waals surface area (Å²) in [6, 6.07) is -1.39. The number of esters is 1. The van der Waals surface area contributed by atoms with Gasteiger partial charge in [0.25, 0.3) is 0 Å². The standard InChI is InChI=1S/C31H52N2O7/c1-3-5-6-7-8-9-10-11-12-13-14-15-19-23-30(37)40-26(20-4-2)21-17-16-18-22-28(35)32-24-29(36)33-27(25-34)31(38)39/h5-6,8-9,11-12,26-27,34H,3-4,7,10,13-25H2,1-2H3,(H,32,35)(H,33,36)(H,38,39)/b6-5-,9-8-,12-11-. The van der Waals surface area contributed by atoms with Gasteiger partial charge in [0.1, 0.15) is 12.1 Å². The van der Waals surface area contributed by atoms with Crippen LogP contribution < -0.4 is 10.6 Å². The number of carboxylic acid groups (broad SMARTS) is 1. The van der Waals surface area contributed by atoms with Gasteiger partial charge in [-0.25, -0.2) is 4.79 Å². The Morgan fingerprint density at radius 2 is 1.43 bits per heavy atom. The van der Waals surface area contributed by atoms with Crippen LogP contribution in [0.1, 0.15) is 110 Å². The molecule has 0 aliphatic heterocycles. The molecule has 0 bridgehead atoms. The highest BCUT2D eigenvalue weighted by Crippen LogP contribution is 2.15. The SMILES string of the molecule is CC/C=C\C/C=C\C/C=C\CCCCCC(=O)OC(CCC)CCCCCC(=O)NCC(=O)NC(CO)C(=O)O. The maximum Gasteiger partial charge on any atom is 0.328 e. The third kappa shape index (κ3) is 23.0. The van der Waals surface area contributed by atoms with Crippen LogP contribution in [0.15, 0.2) is 36.5 Å². The maximum atomic E-state index is 12.3. The lowest BCUT2D eigenvalue weighted by Crippen LogP contribution is -2.47. The van der Waals surface area contributed by atoms with E-state index in [1.54, 1.807) is 0 Å². The summed E-state index contributed by atoms with van der Waals surface area (Å²) < 4.78 is 5.70. The van der Waals surface area contributed by atoms with E-state index in [0.29, 0.717) is 12.8 Å². The summed E-state index contributed by atoms with van der Waals surface area (Å²) >= 11 is 0. The van der Waals surface area contributed by atoms with Crippen LogP contribution in [0.25, 0.3) is 0 Å². The average Bonchev–Trinajstić information content (AvgIpc) is 2.92. The molecular weight excluding hydrogens is 512 g/mol. The third-order valence-electron chi connectivity index (χ3n) is 6.13. The van der Waals surface area contributed by atoms with Crippen LogP contribution in [0.3, 0.4) is 0 Å². The number of rotatable bonds is 25. The fourth-order valence-electron chi connectivity index (χ4n) is 3.90. The van der Waals surface area contributed by atoms with Gasteiger partial charge in [0.05, 0.1) is 13.2 Å². The van der Waals surface area contributed by atoms with Gasteiger partial charge >= 0.3 is 11.9 Å². The number of aliphatic hydroxyl groups is 1. The number of aliphatic carboxylic acids is 1. The summed E-state index contributed by atoms with van der Waals surface area (Å²) in [6.45, 7) is 3.13. The molecule has 0 saturated carbocycles. The van der Waals surface area contributed by atoms with Crippen molar-refractivity contribution in [2.75, 3.05) is 13.2 Å². The van der Waals surface area contributed by atoms with Crippen LogP contribution in [0.4, 0.5) is 0 Å². The highest BCUT2D eigenvalue weighted by molar-refractivity contribution is 5.87. The van der Waals surface area contributed by atoms with E-state index in [1.807, 2.05) is 0 Å². The monoisotopic (exact) mass is 564 g/mol. The van der Waals surface area contributed by atoms with E-state index in [4.69, 9.17) is 14.9 Å². The second-order valence-electron chi connectivity index (χ2n) is 9.81. The van der Waals surface area contributed by atoms with Crippen LogP contribution in [-0.2, 0) is 23.9 Å². The molecular formula is C31H52N2O7. The third-order valence-corrected chi connectivity index (χ3v) is 6.13. The quantitative estimate of drug-likeness (QED) is 0.0683. The molecule has 228 valence electrons. The number of hydrogen-bond acceptors (Lipinski definition) is 6. The number of carbonyl (C=O) groups excluding carboxylic acids is 3. The van der Waals surface area contributed by atoms with Crippen molar-refractivity contribution in [2.45, 2.75) is 122 Å². The Labute approximate surface area is 240 Å². The molecule has 40 heavy (non-hydrogen) atoms. The Balaban J connectivity index is 3.94. The lowest BCUT2D eigenvalue weighted by Gasteiger charge is -2.17. The van der Waals surface area contributed by atoms with Crippen LogP contribution in [0.2, 0.25) is 0 Å². The van der Waals surface area contributed by atoms with Gasteiger partial charge in [-0.05, 0) is 64.2 Å². The molecule has 0 aliphatic carbocycles. The van der Waals surface area contributed by atoms with Crippen molar-refractivity contribution in [1.82, 2.24) is 10.6 Å². The van der Waals surface area contributed by atoms with Gasteiger partial charge in [-0.3, -0.25) is 14.4 Å². The molecule has 0 radical (unpaired) electrons. The Bertz CT molecular complexity index is 793. The van der Waals surface area contributed by atoms with E-state index in [1.165, 1.54) is 0 Å². The molecule has 4 N–H and O–H groups in total. The van der Waals surface area contributed by atoms with E-state index in [-0.39, 0.29) is 30.9 Å². The highest BCUT2D eigenvalue weighted by atomic mass is 16.5. The lowest BCUT2D eigenvalue weighted by molar-refractivity contribution is -0.150. The highest BCUT2D eigenvalue weighted by Gasteiger charge is 2.19. The summed E-state index contributed by atoms with van der Waals surface area (Å²) in [5.74, 6) is -2.46. The molecule has 2 amide bonds. The first-order valence-corrected chi connectivity index (χ1v) is 14.9. The minimum absolute atomic E-state index is 0.0998. The van der Waals surface area contributed by atoms with E-state index in [2.05, 4.69) is 60.9 Å². The number of allylic oxidation sites excluding steroid dienone is 6. The van der Waals surface area contributed by atoms with Crippen molar-refractivity contribution < 1.29 is 34.1 Å². The van der Waals surface area contributed by atoms with E-state index in [0.717, 1.165) is 77.0 Å². The summed E-state index contributed by atoms with van der Waals surface area (Å²) in [6.07, 6.45) is 25.4. The molecule has 0 fully saturated rings. The molecule has 2 atom stereocenters. The van der Waals surface area contributed by atoms with Crippen molar-refractivity contribution in [2.24, 2.45) is 0 Å². The van der Waals surface area contributed by atoms with Crippen LogP contribution in [0.5, 0.6) is 0 Å². The van der Waals surface area contributed by atoms with Gasteiger partial charge < -0.3 is 25.6 Å².